The summed E-state index contributed by atoms with van der Waals surface area (Å²) in [5, 5.41) is 0.469. The van der Waals surface area contributed by atoms with Crippen molar-refractivity contribution < 1.29 is 9.53 Å². The van der Waals surface area contributed by atoms with E-state index in [4.69, 9.17) is 16.2 Å². The van der Waals surface area contributed by atoms with E-state index in [9.17, 15) is 4.79 Å². The van der Waals surface area contributed by atoms with Crippen molar-refractivity contribution in [3.8, 4) is 0 Å². The fourth-order valence-electron chi connectivity index (χ4n) is 1.16. The Labute approximate surface area is 80.5 Å². The van der Waals surface area contributed by atoms with Gasteiger partial charge in [0.05, 0.1) is 17.2 Å². The fraction of sp³-hybridized carbons (Fsp3) is 0.375. The predicted octanol–water partition coefficient (Wildman–Crippen LogP) is 0.884. The second-order valence-corrected chi connectivity index (χ2v) is 3.82. The lowest BCUT2D eigenvalue weighted by Gasteiger charge is -1.97. The highest BCUT2D eigenvalue weighted by atomic mass is 32.1. The van der Waals surface area contributed by atoms with E-state index in [1.807, 2.05) is 6.92 Å². The summed E-state index contributed by atoms with van der Waals surface area (Å²) in [6.07, 6.45) is 0. The number of nitrogens with two attached hydrogens (primary N) is 2. The van der Waals surface area contributed by atoms with Gasteiger partial charge in [-0.1, -0.05) is 0 Å². The number of carbonyl (C=O) groups is 1. The second kappa shape index (κ2) is 3.76. The summed E-state index contributed by atoms with van der Waals surface area (Å²) in [6.45, 7) is 2.29. The van der Waals surface area contributed by atoms with Gasteiger partial charge in [-0.3, -0.25) is 4.79 Å². The number of ether oxygens (including phenoxy) is 1. The molecule has 1 heterocycles. The predicted molar refractivity (Wildman–Crippen MR) is 52.7 cm³/mol. The highest BCUT2D eigenvalue weighted by Gasteiger charge is 2.16. The molecule has 0 aromatic carbocycles. The van der Waals surface area contributed by atoms with Crippen LogP contribution in [0.25, 0.3) is 0 Å². The Balaban J connectivity index is 3.14. The van der Waals surface area contributed by atoms with Crippen molar-refractivity contribution in [1.82, 2.24) is 0 Å². The van der Waals surface area contributed by atoms with Crippen LogP contribution in [0.4, 0.5) is 5.00 Å². The molecule has 4 N–H and O–H groups in total. The van der Waals surface area contributed by atoms with Crippen molar-refractivity contribution in [2.45, 2.75) is 13.5 Å². The number of rotatable bonds is 3. The van der Waals surface area contributed by atoms with E-state index in [-0.39, 0.29) is 0 Å². The number of hydrogen-bond acceptors (Lipinski definition) is 4. The van der Waals surface area contributed by atoms with Gasteiger partial charge in [0.15, 0.2) is 0 Å². The van der Waals surface area contributed by atoms with Crippen LogP contribution in [0.5, 0.6) is 0 Å². The average molecular weight is 200 g/mol. The van der Waals surface area contributed by atoms with Crippen LogP contribution in [0.15, 0.2) is 0 Å². The van der Waals surface area contributed by atoms with Crippen LogP contribution in [-0.2, 0) is 11.3 Å². The Hall–Kier alpha value is -1.07. The zero-order valence-corrected chi connectivity index (χ0v) is 8.40. The number of hydrogen-bond donors (Lipinski definition) is 2. The van der Waals surface area contributed by atoms with E-state index < -0.39 is 5.91 Å². The van der Waals surface area contributed by atoms with Crippen molar-refractivity contribution in [2.75, 3.05) is 12.8 Å². The first-order chi connectivity index (χ1) is 6.07. The normalized spacial score (nSPS) is 10.3. The molecule has 72 valence electrons. The third kappa shape index (κ3) is 1.81. The zero-order chi connectivity index (χ0) is 10.0. The smallest absolute Gasteiger partial charge is 0.251 e. The molecule has 0 aliphatic heterocycles. The van der Waals surface area contributed by atoms with Crippen LogP contribution >= 0.6 is 11.3 Å². The minimum Gasteiger partial charge on any atom is -0.390 e. The average Bonchev–Trinajstić information content (AvgIpc) is 2.28. The lowest BCUT2D eigenvalue weighted by Crippen LogP contribution is -2.13. The lowest BCUT2D eigenvalue weighted by molar-refractivity contribution is 0.100. The van der Waals surface area contributed by atoms with Gasteiger partial charge in [0.2, 0.25) is 0 Å². The van der Waals surface area contributed by atoms with E-state index in [0.717, 1.165) is 10.4 Å². The van der Waals surface area contributed by atoms with E-state index in [2.05, 4.69) is 0 Å². The molecular weight excluding hydrogens is 188 g/mol. The number of methoxy groups -OCH3 is 1. The molecule has 13 heavy (non-hydrogen) atoms. The van der Waals surface area contributed by atoms with Crippen LogP contribution in [0.2, 0.25) is 0 Å². The van der Waals surface area contributed by atoms with Crippen LogP contribution in [0.1, 0.15) is 20.8 Å². The summed E-state index contributed by atoms with van der Waals surface area (Å²) < 4.78 is 4.96. The first kappa shape index (κ1) is 10.0. The Kier molecular flexibility index (Phi) is 2.90. The molecule has 1 amide bonds. The van der Waals surface area contributed by atoms with Gasteiger partial charge in [-0.05, 0) is 12.5 Å². The standard InChI is InChI=1S/C8H12N2O2S/c1-4-5(3-12-2)13-8(10)6(4)7(9)11/h3,10H2,1-2H3,(H2,9,11). The van der Waals surface area contributed by atoms with Gasteiger partial charge < -0.3 is 16.2 Å². The third-order valence-electron chi connectivity index (χ3n) is 1.79. The molecule has 0 aliphatic carbocycles. The molecule has 1 aromatic rings. The van der Waals surface area contributed by atoms with Crippen molar-refractivity contribution in [2.24, 2.45) is 5.73 Å². The van der Waals surface area contributed by atoms with Crippen LogP contribution in [-0.4, -0.2) is 13.0 Å². The molecule has 0 fully saturated rings. The first-order valence-corrected chi connectivity index (χ1v) is 4.56. The third-order valence-corrected chi connectivity index (χ3v) is 2.89. The van der Waals surface area contributed by atoms with Crippen molar-refractivity contribution in [3.05, 3.63) is 16.0 Å². The van der Waals surface area contributed by atoms with E-state index in [1.54, 1.807) is 7.11 Å². The quantitative estimate of drug-likeness (QED) is 0.760. The number of anilines is 1. The number of nitrogen functional groups attached to an aromatic ring is 1. The summed E-state index contributed by atoms with van der Waals surface area (Å²) in [6, 6.07) is 0. The number of thiophene rings is 1. The number of amides is 1. The highest BCUT2D eigenvalue weighted by molar-refractivity contribution is 7.16. The molecule has 0 saturated carbocycles. The SMILES string of the molecule is COCc1sc(N)c(C(N)=O)c1C. The molecule has 4 nitrogen and oxygen atoms in total. The molecule has 0 radical (unpaired) electrons. The molecule has 0 spiro atoms. The summed E-state index contributed by atoms with van der Waals surface area (Å²) in [5.41, 5.74) is 12.1. The van der Waals surface area contributed by atoms with Gasteiger partial charge in [0.1, 0.15) is 0 Å². The van der Waals surface area contributed by atoms with Crippen molar-refractivity contribution in [1.29, 1.82) is 0 Å². The first-order valence-electron chi connectivity index (χ1n) is 3.74. The molecule has 0 atom stereocenters. The molecular formula is C8H12N2O2S. The largest absolute Gasteiger partial charge is 0.390 e. The Morgan fingerprint density at radius 1 is 1.62 bits per heavy atom. The molecule has 1 rings (SSSR count). The second-order valence-electron chi connectivity index (χ2n) is 2.69. The molecule has 5 heteroatoms. The van der Waals surface area contributed by atoms with Crippen LogP contribution in [0, 0.1) is 6.92 Å². The molecule has 0 bridgehead atoms. The van der Waals surface area contributed by atoms with Gasteiger partial charge in [0, 0.05) is 12.0 Å². The Bertz CT molecular complexity index is 333. The van der Waals surface area contributed by atoms with Gasteiger partial charge in [-0.15, -0.1) is 11.3 Å². The zero-order valence-electron chi connectivity index (χ0n) is 7.59. The maximum absolute atomic E-state index is 11.0. The number of primary amides is 1. The Morgan fingerprint density at radius 2 is 2.23 bits per heavy atom. The molecule has 0 unspecified atom stereocenters. The summed E-state index contributed by atoms with van der Waals surface area (Å²) >= 11 is 1.35. The maximum Gasteiger partial charge on any atom is 0.251 e. The van der Waals surface area contributed by atoms with E-state index in [0.29, 0.717) is 17.2 Å². The van der Waals surface area contributed by atoms with Gasteiger partial charge in [-0.25, -0.2) is 0 Å². The van der Waals surface area contributed by atoms with Gasteiger partial charge in [-0.2, -0.15) is 0 Å². The van der Waals surface area contributed by atoms with Crippen molar-refractivity contribution in [3.63, 3.8) is 0 Å². The Morgan fingerprint density at radius 3 is 2.62 bits per heavy atom. The maximum atomic E-state index is 11.0. The number of carbonyl (C=O) groups excluding carboxylic acids is 1. The van der Waals surface area contributed by atoms with Crippen LogP contribution < -0.4 is 11.5 Å². The molecule has 0 saturated heterocycles. The van der Waals surface area contributed by atoms with Gasteiger partial charge in [0.25, 0.3) is 5.91 Å². The topological polar surface area (TPSA) is 78.3 Å². The van der Waals surface area contributed by atoms with E-state index >= 15 is 0 Å². The lowest BCUT2D eigenvalue weighted by atomic mass is 10.1. The molecule has 1 aromatic heterocycles. The monoisotopic (exact) mass is 200 g/mol. The summed E-state index contributed by atoms with van der Waals surface area (Å²) in [4.78, 5) is 11.9. The fourth-order valence-corrected chi connectivity index (χ4v) is 2.21. The van der Waals surface area contributed by atoms with Crippen LogP contribution in [0.3, 0.4) is 0 Å². The minimum atomic E-state index is -0.478. The van der Waals surface area contributed by atoms with Crippen molar-refractivity contribution >= 4 is 22.2 Å². The molecule has 0 aliphatic rings. The van der Waals surface area contributed by atoms with E-state index in [1.165, 1.54) is 11.3 Å². The highest BCUT2D eigenvalue weighted by Crippen LogP contribution is 2.30. The minimum absolute atomic E-state index is 0.428. The van der Waals surface area contributed by atoms with Gasteiger partial charge >= 0.3 is 0 Å². The summed E-state index contributed by atoms with van der Waals surface area (Å²) in [7, 11) is 1.60. The summed E-state index contributed by atoms with van der Waals surface area (Å²) in [5.74, 6) is -0.478.